The number of carbonyl (C=O) groups excluding carboxylic acids is 2. The third-order valence-corrected chi connectivity index (χ3v) is 3.59. The molecule has 0 amide bonds. The number of aliphatic hydroxyl groups excluding tert-OH is 1. The van der Waals surface area contributed by atoms with Gasteiger partial charge in [0, 0.05) is 0 Å². The molecule has 0 aromatic heterocycles. The minimum absolute atomic E-state index is 0.268. The van der Waals surface area contributed by atoms with Crippen molar-refractivity contribution in [2.24, 2.45) is 5.92 Å². The van der Waals surface area contributed by atoms with Crippen LogP contribution in [-0.4, -0.2) is 40.8 Å². The van der Waals surface area contributed by atoms with Crippen molar-refractivity contribution in [1.29, 1.82) is 0 Å². The summed E-state index contributed by atoms with van der Waals surface area (Å²) in [4.78, 5) is 22.8. The Bertz CT molecular complexity index is 357. The van der Waals surface area contributed by atoms with Gasteiger partial charge in [-0.05, 0) is 31.8 Å². The van der Waals surface area contributed by atoms with E-state index in [1.807, 2.05) is 0 Å². The Balaban J connectivity index is 2.87. The van der Waals surface area contributed by atoms with Crippen molar-refractivity contribution in [3.8, 4) is 0 Å². The number of ether oxygens (including phenoxy) is 1. The largest absolute Gasteiger partial charge is 0.467 e. The molecular weight excluding hydrogens is 248 g/mol. The van der Waals surface area contributed by atoms with Crippen molar-refractivity contribution >= 4 is 11.8 Å². The van der Waals surface area contributed by atoms with Crippen LogP contribution < -0.4 is 0 Å². The maximum atomic E-state index is 11.6. The SMILES string of the molecule is COC(=O)[C@@](O)(/C=C/C1CCCCC1)[C@@H](O)C(C)=O. The molecular formula is C14H22O5. The number of rotatable bonds is 5. The number of ketones is 1. The lowest BCUT2D eigenvalue weighted by Gasteiger charge is -2.26. The highest BCUT2D eigenvalue weighted by molar-refractivity contribution is 5.93. The van der Waals surface area contributed by atoms with E-state index in [1.54, 1.807) is 6.08 Å². The fraction of sp³-hybridized carbons (Fsp3) is 0.714. The van der Waals surface area contributed by atoms with Gasteiger partial charge < -0.3 is 14.9 Å². The minimum atomic E-state index is -2.29. The normalized spacial score (nSPS) is 21.9. The molecule has 0 unspecified atom stereocenters. The Morgan fingerprint density at radius 3 is 2.37 bits per heavy atom. The van der Waals surface area contributed by atoms with Crippen LogP contribution in [0, 0.1) is 5.92 Å². The zero-order chi connectivity index (χ0) is 14.5. The molecule has 1 saturated carbocycles. The van der Waals surface area contributed by atoms with Crippen molar-refractivity contribution in [3.05, 3.63) is 12.2 Å². The van der Waals surface area contributed by atoms with E-state index in [1.165, 1.54) is 12.5 Å². The van der Waals surface area contributed by atoms with Crippen LogP contribution in [0.3, 0.4) is 0 Å². The smallest absolute Gasteiger partial charge is 0.345 e. The maximum Gasteiger partial charge on any atom is 0.345 e. The second kappa shape index (κ2) is 6.82. The predicted octanol–water partition coefficient (Wildman–Crippen LogP) is 0.977. The highest BCUT2D eigenvalue weighted by atomic mass is 16.5. The van der Waals surface area contributed by atoms with E-state index in [4.69, 9.17) is 0 Å². The van der Waals surface area contributed by atoms with Gasteiger partial charge in [0.15, 0.2) is 11.9 Å². The van der Waals surface area contributed by atoms with Gasteiger partial charge >= 0.3 is 5.97 Å². The average Bonchev–Trinajstić information content (AvgIpc) is 2.43. The van der Waals surface area contributed by atoms with E-state index >= 15 is 0 Å². The summed E-state index contributed by atoms with van der Waals surface area (Å²) in [5.41, 5.74) is -2.29. The summed E-state index contributed by atoms with van der Waals surface area (Å²) in [6.45, 7) is 1.12. The number of Topliss-reactive ketones (excluding diaryl/α,β-unsaturated/α-hetero) is 1. The molecule has 0 aromatic rings. The number of carbonyl (C=O) groups is 2. The molecule has 1 aliphatic rings. The summed E-state index contributed by atoms with van der Waals surface area (Å²) >= 11 is 0. The molecule has 0 heterocycles. The predicted molar refractivity (Wildman–Crippen MR) is 69.4 cm³/mol. The maximum absolute atomic E-state index is 11.6. The minimum Gasteiger partial charge on any atom is -0.467 e. The van der Waals surface area contributed by atoms with Crippen molar-refractivity contribution in [3.63, 3.8) is 0 Å². The molecule has 2 atom stereocenters. The molecule has 0 radical (unpaired) electrons. The second-order valence-corrected chi connectivity index (χ2v) is 5.09. The zero-order valence-electron chi connectivity index (χ0n) is 11.5. The molecule has 1 rings (SSSR count). The number of aliphatic hydroxyl groups is 2. The van der Waals surface area contributed by atoms with E-state index in [0.29, 0.717) is 0 Å². The van der Waals surface area contributed by atoms with Gasteiger partial charge in [0.1, 0.15) is 0 Å². The van der Waals surface area contributed by atoms with Gasteiger partial charge in [0.25, 0.3) is 0 Å². The van der Waals surface area contributed by atoms with Gasteiger partial charge in [-0.3, -0.25) is 4.79 Å². The van der Waals surface area contributed by atoms with E-state index in [2.05, 4.69) is 4.74 Å². The Kier molecular flexibility index (Phi) is 5.69. The molecule has 19 heavy (non-hydrogen) atoms. The molecule has 0 saturated heterocycles. The first-order valence-corrected chi connectivity index (χ1v) is 6.60. The van der Waals surface area contributed by atoms with Gasteiger partial charge in [-0.15, -0.1) is 0 Å². The van der Waals surface area contributed by atoms with Crippen molar-refractivity contribution < 1.29 is 24.5 Å². The lowest BCUT2D eigenvalue weighted by Crippen LogP contribution is -2.51. The molecule has 0 spiro atoms. The van der Waals surface area contributed by atoms with Crippen LogP contribution in [-0.2, 0) is 14.3 Å². The van der Waals surface area contributed by atoms with Crippen LogP contribution in [0.5, 0.6) is 0 Å². The van der Waals surface area contributed by atoms with Gasteiger partial charge in [0.05, 0.1) is 7.11 Å². The molecule has 1 fully saturated rings. The standard InChI is InChI=1S/C14H22O5/c1-10(15)12(16)14(18,13(17)19-2)9-8-11-6-4-3-5-7-11/h8-9,11-12,16,18H,3-7H2,1-2H3/b9-8+/t12-,14+/m0/s1. The first-order chi connectivity index (χ1) is 8.91. The summed E-state index contributed by atoms with van der Waals surface area (Å²) in [5, 5.41) is 19.9. The molecule has 108 valence electrons. The Hall–Kier alpha value is -1.20. The number of hydrogen-bond donors (Lipinski definition) is 2. The zero-order valence-corrected chi connectivity index (χ0v) is 11.5. The van der Waals surface area contributed by atoms with Crippen LogP contribution in [0.2, 0.25) is 0 Å². The Labute approximate surface area is 113 Å². The second-order valence-electron chi connectivity index (χ2n) is 5.09. The third kappa shape index (κ3) is 3.88. The fourth-order valence-corrected chi connectivity index (χ4v) is 2.35. The Morgan fingerprint density at radius 2 is 1.89 bits per heavy atom. The molecule has 2 N–H and O–H groups in total. The van der Waals surface area contributed by atoms with Crippen LogP contribution in [0.15, 0.2) is 12.2 Å². The van der Waals surface area contributed by atoms with Gasteiger partial charge in [-0.25, -0.2) is 4.79 Å². The van der Waals surface area contributed by atoms with Crippen molar-refractivity contribution in [2.75, 3.05) is 7.11 Å². The summed E-state index contributed by atoms with van der Waals surface area (Å²) < 4.78 is 4.47. The lowest BCUT2D eigenvalue weighted by molar-refractivity contribution is -0.170. The van der Waals surface area contributed by atoms with E-state index in [-0.39, 0.29) is 5.92 Å². The lowest BCUT2D eigenvalue weighted by atomic mass is 9.86. The van der Waals surface area contributed by atoms with E-state index in [0.717, 1.165) is 39.7 Å². The first kappa shape index (κ1) is 15.9. The van der Waals surface area contributed by atoms with E-state index in [9.17, 15) is 19.8 Å². The average molecular weight is 270 g/mol. The van der Waals surface area contributed by atoms with Gasteiger partial charge in [0.2, 0.25) is 5.60 Å². The van der Waals surface area contributed by atoms with Crippen LogP contribution in [0.4, 0.5) is 0 Å². The molecule has 5 heteroatoms. The summed E-state index contributed by atoms with van der Waals surface area (Å²) in [5.74, 6) is -1.44. The monoisotopic (exact) mass is 270 g/mol. The number of hydrogen-bond acceptors (Lipinski definition) is 5. The number of methoxy groups -OCH3 is 1. The van der Waals surface area contributed by atoms with Crippen molar-refractivity contribution in [2.45, 2.75) is 50.7 Å². The van der Waals surface area contributed by atoms with Gasteiger partial charge in [-0.1, -0.05) is 25.3 Å². The quantitative estimate of drug-likeness (QED) is 0.574. The van der Waals surface area contributed by atoms with E-state index < -0.39 is 23.5 Å². The highest BCUT2D eigenvalue weighted by Gasteiger charge is 2.44. The molecule has 5 nitrogen and oxygen atoms in total. The molecule has 0 bridgehead atoms. The van der Waals surface area contributed by atoms with Crippen LogP contribution in [0.1, 0.15) is 39.0 Å². The number of esters is 1. The fourth-order valence-electron chi connectivity index (χ4n) is 2.35. The Morgan fingerprint density at radius 1 is 1.32 bits per heavy atom. The molecule has 0 aromatic carbocycles. The summed E-state index contributed by atoms with van der Waals surface area (Å²) in [6.07, 6.45) is 6.51. The summed E-state index contributed by atoms with van der Waals surface area (Å²) in [7, 11) is 1.11. The van der Waals surface area contributed by atoms with Gasteiger partial charge in [-0.2, -0.15) is 0 Å². The summed E-state index contributed by atoms with van der Waals surface area (Å²) in [6, 6.07) is 0. The molecule has 0 aliphatic heterocycles. The topological polar surface area (TPSA) is 83.8 Å². The third-order valence-electron chi connectivity index (χ3n) is 3.59. The molecule has 1 aliphatic carbocycles. The highest BCUT2D eigenvalue weighted by Crippen LogP contribution is 2.26. The number of allylic oxidation sites excluding steroid dienone is 1. The van der Waals surface area contributed by atoms with Crippen LogP contribution >= 0.6 is 0 Å². The first-order valence-electron chi connectivity index (χ1n) is 6.60. The van der Waals surface area contributed by atoms with Crippen molar-refractivity contribution in [1.82, 2.24) is 0 Å². The van der Waals surface area contributed by atoms with Crippen LogP contribution in [0.25, 0.3) is 0 Å².